The molecule has 0 aliphatic carbocycles. The minimum atomic E-state index is -0.603. The smallest absolute Gasteiger partial charge is 0.241 e. The maximum absolute atomic E-state index is 12.4. The molecule has 2 aromatic carbocycles. The number of amides is 1. The van der Waals surface area contributed by atoms with Gasteiger partial charge in [-0.2, -0.15) is 0 Å². The van der Waals surface area contributed by atoms with Gasteiger partial charge in [0.05, 0.1) is 20.3 Å². The van der Waals surface area contributed by atoms with Crippen LogP contribution in [-0.2, 0) is 10.2 Å². The van der Waals surface area contributed by atoms with Crippen molar-refractivity contribution in [2.45, 2.75) is 38.8 Å². The van der Waals surface area contributed by atoms with Crippen LogP contribution < -0.4 is 19.7 Å². The fourth-order valence-electron chi connectivity index (χ4n) is 4.52. The number of nitrogens with zero attached hydrogens (tertiary/aromatic N) is 1. The molecule has 0 aromatic heterocycles. The monoisotopic (exact) mass is 406 g/mol. The second kappa shape index (κ2) is 7.38. The number of hydrogen-bond donors (Lipinski definition) is 1. The molecule has 2 aliphatic rings. The van der Waals surface area contributed by atoms with Crippen LogP contribution in [0.1, 0.15) is 38.8 Å². The molecular weight excluding hydrogens is 376 g/mol. The van der Waals surface area contributed by atoms with Crippen LogP contribution in [0.5, 0.6) is 11.5 Å². The highest BCUT2D eigenvalue weighted by molar-refractivity contribution is 5.91. The summed E-state index contributed by atoms with van der Waals surface area (Å²) >= 11 is 0. The molecule has 30 heavy (non-hydrogen) atoms. The summed E-state index contributed by atoms with van der Waals surface area (Å²) in [4.78, 5) is 14.6. The van der Waals surface area contributed by atoms with E-state index in [9.17, 15) is 4.79 Å². The lowest BCUT2D eigenvalue weighted by Gasteiger charge is -2.40. The molecule has 4 rings (SSSR count). The average Bonchev–Trinajstić information content (AvgIpc) is 3.15. The van der Waals surface area contributed by atoms with Crippen molar-refractivity contribution >= 4 is 17.7 Å². The molecule has 0 bridgehead atoms. The molecule has 1 unspecified atom stereocenters. The van der Waals surface area contributed by atoms with Gasteiger partial charge in [-0.25, -0.2) is 0 Å². The van der Waals surface area contributed by atoms with E-state index in [0.29, 0.717) is 24.8 Å². The zero-order valence-corrected chi connectivity index (χ0v) is 18.4. The van der Waals surface area contributed by atoms with E-state index >= 15 is 0 Å². The van der Waals surface area contributed by atoms with Crippen LogP contribution in [0.4, 0.5) is 5.69 Å². The molecule has 5 heteroatoms. The quantitative estimate of drug-likeness (QED) is 0.774. The predicted molar refractivity (Wildman–Crippen MR) is 120 cm³/mol. The Hall–Kier alpha value is -2.95. The number of ether oxygens (including phenoxy) is 2. The SMILES string of the molecule is COc1cc(C=CC23NC(=O)CN2c2ccccc2C3(C)C)ccc1OCC(C)C. The Balaban J connectivity index is 1.68. The van der Waals surface area contributed by atoms with Crippen molar-refractivity contribution in [2.24, 2.45) is 5.92 Å². The summed E-state index contributed by atoms with van der Waals surface area (Å²) in [7, 11) is 1.65. The molecule has 158 valence electrons. The molecule has 2 heterocycles. The number of fused-ring (bicyclic) bond motifs is 3. The second-order valence-electron chi connectivity index (χ2n) is 8.99. The van der Waals surface area contributed by atoms with E-state index in [1.807, 2.05) is 24.3 Å². The van der Waals surface area contributed by atoms with Gasteiger partial charge < -0.3 is 19.7 Å². The van der Waals surface area contributed by atoms with Gasteiger partial charge in [-0.1, -0.05) is 58.0 Å². The van der Waals surface area contributed by atoms with Gasteiger partial charge in [-0.15, -0.1) is 0 Å². The Morgan fingerprint density at radius 2 is 1.93 bits per heavy atom. The first-order valence-corrected chi connectivity index (χ1v) is 10.5. The summed E-state index contributed by atoms with van der Waals surface area (Å²) in [6.45, 7) is 9.60. The van der Waals surface area contributed by atoms with Crippen LogP contribution >= 0.6 is 0 Å². The summed E-state index contributed by atoms with van der Waals surface area (Å²) in [5.41, 5.74) is 2.46. The van der Waals surface area contributed by atoms with Crippen molar-refractivity contribution in [2.75, 3.05) is 25.2 Å². The highest BCUT2D eigenvalue weighted by Gasteiger charge is 2.59. The summed E-state index contributed by atoms with van der Waals surface area (Å²) in [5, 5.41) is 3.25. The number of rotatable bonds is 6. The maximum atomic E-state index is 12.4. The fraction of sp³-hybridized carbons (Fsp3) is 0.400. The van der Waals surface area contributed by atoms with E-state index in [4.69, 9.17) is 9.47 Å². The number of para-hydroxylation sites is 1. The molecule has 0 spiro atoms. The Morgan fingerprint density at radius 1 is 1.17 bits per heavy atom. The number of benzene rings is 2. The normalized spacial score (nSPS) is 21.7. The Labute approximate surface area is 178 Å². The van der Waals surface area contributed by atoms with Gasteiger partial charge in [-0.3, -0.25) is 4.79 Å². The summed E-state index contributed by atoms with van der Waals surface area (Å²) in [6.07, 6.45) is 4.17. The molecule has 2 aliphatic heterocycles. The Morgan fingerprint density at radius 3 is 2.67 bits per heavy atom. The van der Waals surface area contributed by atoms with Crippen molar-refractivity contribution in [3.05, 3.63) is 59.7 Å². The van der Waals surface area contributed by atoms with Crippen molar-refractivity contribution < 1.29 is 14.3 Å². The summed E-state index contributed by atoms with van der Waals surface area (Å²) in [5.74, 6) is 1.93. The number of methoxy groups -OCH3 is 1. The molecule has 5 nitrogen and oxygen atoms in total. The molecule has 0 saturated carbocycles. The Bertz CT molecular complexity index is 996. The molecule has 0 radical (unpaired) electrons. The third-order valence-corrected chi connectivity index (χ3v) is 6.16. The molecule has 1 fully saturated rings. The predicted octanol–water partition coefficient (Wildman–Crippen LogP) is 4.37. The molecule has 1 atom stereocenters. The van der Waals surface area contributed by atoms with Crippen LogP contribution in [0, 0.1) is 5.92 Å². The van der Waals surface area contributed by atoms with Crippen LogP contribution in [-0.4, -0.2) is 31.8 Å². The number of carbonyl (C=O) groups excluding carboxylic acids is 1. The zero-order chi connectivity index (χ0) is 21.5. The van der Waals surface area contributed by atoms with Gasteiger partial charge in [0.15, 0.2) is 11.5 Å². The maximum Gasteiger partial charge on any atom is 0.241 e. The highest BCUT2D eigenvalue weighted by atomic mass is 16.5. The van der Waals surface area contributed by atoms with Crippen molar-refractivity contribution in [3.8, 4) is 11.5 Å². The van der Waals surface area contributed by atoms with Gasteiger partial charge in [0.2, 0.25) is 5.91 Å². The first kappa shape index (κ1) is 20.3. The zero-order valence-electron chi connectivity index (χ0n) is 18.4. The Kier molecular flexibility index (Phi) is 5.00. The first-order valence-electron chi connectivity index (χ1n) is 10.5. The molecule has 2 aromatic rings. The van der Waals surface area contributed by atoms with Crippen LogP contribution in [0.25, 0.3) is 6.08 Å². The highest BCUT2D eigenvalue weighted by Crippen LogP contribution is 2.52. The number of nitrogens with one attached hydrogen (secondary N) is 1. The van der Waals surface area contributed by atoms with Crippen molar-refractivity contribution in [1.29, 1.82) is 0 Å². The lowest BCUT2D eigenvalue weighted by atomic mass is 9.75. The minimum Gasteiger partial charge on any atom is -0.493 e. The van der Waals surface area contributed by atoms with Gasteiger partial charge >= 0.3 is 0 Å². The van der Waals surface area contributed by atoms with Crippen molar-refractivity contribution in [3.63, 3.8) is 0 Å². The number of carbonyl (C=O) groups is 1. The fourth-order valence-corrected chi connectivity index (χ4v) is 4.52. The van der Waals surface area contributed by atoms with Gasteiger partial charge in [-0.05, 0) is 41.3 Å². The topological polar surface area (TPSA) is 50.8 Å². The molecule has 1 amide bonds. The summed E-state index contributed by atoms with van der Waals surface area (Å²) < 4.78 is 11.4. The largest absolute Gasteiger partial charge is 0.493 e. The van der Waals surface area contributed by atoms with Gasteiger partial charge in [0.25, 0.3) is 0 Å². The lowest BCUT2D eigenvalue weighted by Crippen LogP contribution is -2.58. The standard InChI is InChI=1S/C25H30N2O3/c1-17(2)16-30-21-11-10-18(14-22(21)29-5)12-13-25-24(3,4)19-8-6-7-9-20(19)27(25)15-23(28)26-25/h6-14,17H,15-16H2,1-5H3,(H,26,28). The number of anilines is 1. The van der Waals surface area contributed by atoms with E-state index in [1.54, 1.807) is 7.11 Å². The van der Waals surface area contributed by atoms with Crippen molar-refractivity contribution in [1.82, 2.24) is 5.32 Å². The molecular formula is C25H30N2O3. The average molecular weight is 407 g/mol. The third-order valence-electron chi connectivity index (χ3n) is 6.16. The lowest BCUT2D eigenvalue weighted by molar-refractivity contribution is -0.118. The first-order chi connectivity index (χ1) is 14.3. The van der Waals surface area contributed by atoms with E-state index < -0.39 is 5.66 Å². The third kappa shape index (κ3) is 3.13. The summed E-state index contributed by atoms with van der Waals surface area (Å²) in [6, 6.07) is 14.3. The van der Waals surface area contributed by atoms with E-state index in [2.05, 4.69) is 68.3 Å². The van der Waals surface area contributed by atoms with E-state index in [0.717, 1.165) is 17.0 Å². The van der Waals surface area contributed by atoms with Gasteiger partial charge in [0, 0.05) is 11.1 Å². The minimum absolute atomic E-state index is 0.0391. The van der Waals surface area contributed by atoms with E-state index in [1.165, 1.54) is 5.56 Å². The van der Waals surface area contributed by atoms with E-state index in [-0.39, 0.29) is 11.3 Å². The van der Waals surface area contributed by atoms with Gasteiger partial charge in [0.1, 0.15) is 5.66 Å². The second-order valence-corrected chi connectivity index (χ2v) is 8.99. The molecule has 1 N–H and O–H groups in total. The van der Waals surface area contributed by atoms with Crippen LogP contribution in [0.15, 0.2) is 48.5 Å². The van der Waals surface area contributed by atoms with Crippen LogP contribution in [0.3, 0.4) is 0 Å². The van der Waals surface area contributed by atoms with Crippen LogP contribution in [0.2, 0.25) is 0 Å². The molecule has 1 saturated heterocycles. The number of hydrogen-bond acceptors (Lipinski definition) is 4.